The Morgan fingerprint density at radius 2 is 1.93 bits per heavy atom. The van der Waals surface area contributed by atoms with Gasteiger partial charge in [-0.25, -0.2) is 0 Å². The van der Waals surface area contributed by atoms with Crippen LogP contribution in [0, 0.1) is 0 Å². The molecular weight excluding hydrogens is 360 g/mol. The van der Waals surface area contributed by atoms with E-state index in [1.54, 1.807) is 6.26 Å². The van der Waals surface area contributed by atoms with Crippen LogP contribution in [0.15, 0.2) is 47.1 Å². The number of para-hydroxylation sites is 1. The molecule has 0 atom stereocenters. The SMILES string of the molecule is CCc1ccccc1NC(=O)CN1CCN(C(=S)NCc2ccco2)CC1. The van der Waals surface area contributed by atoms with Gasteiger partial charge in [0, 0.05) is 31.9 Å². The number of furan rings is 1. The molecule has 1 aliphatic heterocycles. The number of anilines is 1. The Labute approximate surface area is 165 Å². The molecule has 27 heavy (non-hydrogen) atoms. The van der Waals surface area contributed by atoms with Crippen LogP contribution in [-0.4, -0.2) is 53.5 Å². The number of amides is 1. The average Bonchev–Trinajstić information content (AvgIpc) is 3.20. The van der Waals surface area contributed by atoms with Gasteiger partial charge in [-0.1, -0.05) is 25.1 Å². The van der Waals surface area contributed by atoms with Crippen molar-refractivity contribution in [3.63, 3.8) is 0 Å². The number of nitrogens with one attached hydrogen (secondary N) is 2. The third-order valence-electron chi connectivity index (χ3n) is 4.69. The van der Waals surface area contributed by atoms with Crippen molar-refractivity contribution in [3.8, 4) is 0 Å². The van der Waals surface area contributed by atoms with Crippen molar-refractivity contribution >= 4 is 28.9 Å². The first-order chi connectivity index (χ1) is 13.2. The Balaban J connectivity index is 1.41. The smallest absolute Gasteiger partial charge is 0.238 e. The largest absolute Gasteiger partial charge is 0.467 e. The maximum Gasteiger partial charge on any atom is 0.238 e. The molecule has 0 radical (unpaired) electrons. The molecule has 3 rings (SSSR count). The first kappa shape index (κ1) is 19.4. The van der Waals surface area contributed by atoms with Crippen molar-refractivity contribution in [1.82, 2.24) is 15.1 Å². The summed E-state index contributed by atoms with van der Waals surface area (Å²) in [6.07, 6.45) is 2.56. The number of aryl methyl sites for hydroxylation is 1. The van der Waals surface area contributed by atoms with Gasteiger partial charge in [-0.15, -0.1) is 0 Å². The molecule has 6 nitrogen and oxygen atoms in total. The van der Waals surface area contributed by atoms with Gasteiger partial charge in [-0.3, -0.25) is 9.69 Å². The van der Waals surface area contributed by atoms with Gasteiger partial charge in [0.25, 0.3) is 0 Å². The molecule has 7 heteroatoms. The predicted octanol–water partition coefficient (Wildman–Crippen LogP) is 2.47. The van der Waals surface area contributed by atoms with Crippen molar-refractivity contribution in [1.29, 1.82) is 0 Å². The van der Waals surface area contributed by atoms with E-state index in [1.165, 1.54) is 0 Å². The van der Waals surface area contributed by atoms with Gasteiger partial charge in [-0.2, -0.15) is 0 Å². The van der Waals surface area contributed by atoms with E-state index in [-0.39, 0.29) is 5.91 Å². The summed E-state index contributed by atoms with van der Waals surface area (Å²) in [6, 6.07) is 11.7. The van der Waals surface area contributed by atoms with E-state index in [2.05, 4.69) is 27.4 Å². The summed E-state index contributed by atoms with van der Waals surface area (Å²) in [5, 5.41) is 6.99. The molecule has 0 saturated carbocycles. The topological polar surface area (TPSA) is 60.8 Å². The molecular formula is C20H26N4O2S. The van der Waals surface area contributed by atoms with Crippen LogP contribution in [-0.2, 0) is 17.8 Å². The van der Waals surface area contributed by atoms with Crippen molar-refractivity contribution < 1.29 is 9.21 Å². The van der Waals surface area contributed by atoms with Crippen molar-refractivity contribution in [2.75, 3.05) is 38.0 Å². The van der Waals surface area contributed by atoms with Gasteiger partial charge in [0.05, 0.1) is 19.4 Å². The molecule has 2 aromatic rings. The lowest BCUT2D eigenvalue weighted by Crippen LogP contribution is -2.52. The first-order valence-corrected chi connectivity index (χ1v) is 9.72. The van der Waals surface area contributed by atoms with E-state index in [0.717, 1.165) is 54.7 Å². The highest BCUT2D eigenvalue weighted by atomic mass is 32.1. The van der Waals surface area contributed by atoms with E-state index in [0.29, 0.717) is 13.1 Å². The molecule has 1 aromatic heterocycles. The Morgan fingerprint density at radius 3 is 2.63 bits per heavy atom. The van der Waals surface area contributed by atoms with Gasteiger partial charge >= 0.3 is 0 Å². The summed E-state index contributed by atoms with van der Waals surface area (Å²) >= 11 is 5.46. The fourth-order valence-electron chi connectivity index (χ4n) is 3.14. The van der Waals surface area contributed by atoms with Crippen LogP contribution in [0.1, 0.15) is 18.2 Å². The van der Waals surface area contributed by atoms with Gasteiger partial charge in [-0.05, 0) is 42.4 Å². The quantitative estimate of drug-likeness (QED) is 0.744. The third kappa shape index (κ3) is 5.55. The number of rotatable bonds is 6. The number of benzene rings is 1. The zero-order valence-corrected chi connectivity index (χ0v) is 16.4. The van der Waals surface area contributed by atoms with E-state index in [9.17, 15) is 4.79 Å². The molecule has 1 saturated heterocycles. The maximum absolute atomic E-state index is 12.4. The fraction of sp³-hybridized carbons (Fsp3) is 0.400. The summed E-state index contributed by atoms with van der Waals surface area (Å²) in [4.78, 5) is 16.7. The molecule has 2 heterocycles. The fourth-order valence-corrected chi connectivity index (χ4v) is 3.39. The van der Waals surface area contributed by atoms with Crippen molar-refractivity contribution in [2.45, 2.75) is 19.9 Å². The lowest BCUT2D eigenvalue weighted by atomic mass is 10.1. The second kappa shape index (κ2) is 9.53. The molecule has 0 aliphatic carbocycles. The van der Waals surface area contributed by atoms with Crippen LogP contribution in [0.25, 0.3) is 0 Å². The number of hydrogen-bond acceptors (Lipinski definition) is 4. The summed E-state index contributed by atoms with van der Waals surface area (Å²) < 4.78 is 5.30. The minimum absolute atomic E-state index is 0.0304. The molecule has 1 aliphatic rings. The standard InChI is InChI=1S/C20H26N4O2S/c1-2-16-6-3-4-8-18(16)22-19(25)15-23-9-11-24(12-10-23)20(27)21-14-17-7-5-13-26-17/h3-8,13H,2,9-12,14-15H2,1H3,(H,21,27)(H,22,25). The van der Waals surface area contributed by atoms with E-state index >= 15 is 0 Å². The highest BCUT2D eigenvalue weighted by Gasteiger charge is 2.20. The summed E-state index contributed by atoms with van der Waals surface area (Å²) in [5.41, 5.74) is 2.07. The zero-order valence-electron chi connectivity index (χ0n) is 15.6. The Bertz CT molecular complexity index is 755. The Kier molecular flexibility index (Phi) is 6.84. The van der Waals surface area contributed by atoms with Crippen LogP contribution in [0.5, 0.6) is 0 Å². The molecule has 1 fully saturated rings. The first-order valence-electron chi connectivity index (χ1n) is 9.31. The molecule has 2 N–H and O–H groups in total. The van der Waals surface area contributed by atoms with Gasteiger partial charge in [0.1, 0.15) is 5.76 Å². The number of carbonyl (C=O) groups excluding carboxylic acids is 1. The second-order valence-corrected chi connectivity index (χ2v) is 6.95. The molecule has 0 bridgehead atoms. The van der Waals surface area contributed by atoms with Crippen molar-refractivity contribution in [3.05, 3.63) is 54.0 Å². The Morgan fingerprint density at radius 1 is 1.15 bits per heavy atom. The van der Waals surface area contributed by atoms with E-state index in [1.807, 2.05) is 36.4 Å². The van der Waals surface area contributed by atoms with E-state index < -0.39 is 0 Å². The minimum Gasteiger partial charge on any atom is -0.467 e. The number of nitrogens with zero attached hydrogens (tertiary/aromatic N) is 2. The van der Waals surface area contributed by atoms with Crippen molar-refractivity contribution in [2.24, 2.45) is 0 Å². The highest BCUT2D eigenvalue weighted by molar-refractivity contribution is 7.80. The van der Waals surface area contributed by atoms with Crippen LogP contribution in [0.2, 0.25) is 0 Å². The Hall–Kier alpha value is -2.38. The molecule has 144 valence electrons. The molecule has 1 amide bonds. The van der Waals surface area contributed by atoms with E-state index in [4.69, 9.17) is 16.6 Å². The maximum atomic E-state index is 12.4. The molecule has 0 spiro atoms. The minimum atomic E-state index is 0.0304. The summed E-state index contributed by atoms with van der Waals surface area (Å²) in [5.74, 6) is 0.892. The lowest BCUT2D eigenvalue weighted by molar-refractivity contribution is -0.117. The van der Waals surface area contributed by atoms with Crippen LogP contribution >= 0.6 is 12.2 Å². The number of thiocarbonyl (C=S) groups is 1. The van der Waals surface area contributed by atoms with Crippen LogP contribution in [0.4, 0.5) is 5.69 Å². The average molecular weight is 387 g/mol. The lowest BCUT2D eigenvalue weighted by Gasteiger charge is -2.35. The monoisotopic (exact) mass is 386 g/mol. The van der Waals surface area contributed by atoms with Gasteiger partial charge < -0.3 is 20.0 Å². The summed E-state index contributed by atoms with van der Waals surface area (Å²) in [7, 11) is 0. The normalized spacial score (nSPS) is 14.8. The number of hydrogen-bond donors (Lipinski definition) is 2. The van der Waals surface area contributed by atoms with Gasteiger partial charge in [0.2, 0.25) is 5.91 Å². The zero-order chi connectivity index (χ0) is 19.1. The second-order valence-electron chi connectivity index (χ2n) is 6.56. The number of carbonyl (C=O) groups is 1. The highest BCUT2D eigenvalue weighted by Crippen LogP contribution is 2.15. The third-order valence-corrected chi connectivity index (χ3v) is 5.10. The molecule has 1 aromatic carbocycles. The molecule has 0 unspecified atom stereocenters. The van der Waals surface area contributed by atoms with Crippen LogP contribution < -0.4 is 10.6 Å². The summed E-state index contributed by atoms with van der Waals surface area (Å²) in [6.45, 7) is 6.32. The van der Waals surface area contributed by atoms with Crippen LogP contribution in [0.3, 0.4) is 0 Å². The van der Waals surface area contributed by atoms with Gasteiger partial charge in [0.15, 0.2) is 5.11 Å². The number of piperazine rings is 1. The predicted molar refractivity (Wildman–Crippen MR) is 111 cm³/mol.